The van der Waals surface area contributed by atoms with Crippen molar-refractivity contribution < 1.29 is 22.8 Å². The van der Waals surface area contributed by atoms with Crippen molar-refractivity contribution in [1.29, 1.82) is 0 Å². The molecule has 3 N–H and O–H groups in total. The number of halogens is 2. The van der Waals surface area contributed by atoms with E-state index >= 15 is 0 Å². The van der Waals surface area contributed by atoms with Gasteiger partial charge in [0.15, 0.2) is 16.8 Å². The van der Waals surface area contributed by atoms with Gasteiger partial charge in [-0.1, -0.05) is 0 Å². The number of benzene rings is 1. The molecule has 0 radical (unpaired) electrons. The fourth-order valence-corrected chi connectivity index (χ4v) is 2.99. The maximum absolute atomic E-state index is 13.8. The third kappa shape index (κ3) is 4.94. The molecule has 27 heavy (non-hydrogen) atoms. The summed E-state index contributed by atoms with van der Waals surface area (Å²) in [5, 5.41) is 4.60. The fraction of sp³-hybridized carbons (Fsp3) is 0.176. The second kappa shape index (κ2) is 8.04. The summed E-state index contributed by atoms with van der Waals surface area (Å²) >= 11 is 1.18. The Morgan fingerprint density at radius 2 is 2.11 bits per heavy atom. The number of aromatic nitrogens is 2. The number of nitrogens with zero attached hydrogens (tertiary/aromatic N) is 2. The molecule has 0 aliphatic heterocycles. The highest BCUT2D eigenvalue weighted by atomic mass is 32.1. The fourth-order valence-electron chi connectivity index (χ4n) is 2.27. The number of hydrogen-bond acceptors (Lipinski definition) is 6. The first-order valence-corrected chi connectivity index (χ1v) is 8.71. The Morgan fingerprint density at radius 3 is 2.85 bits per heavy atom. The number of primary amides is 1. The van der Waals surface area contributed by atoms with Crippen molar-refractivity contribution in [1.82, 2.24) is 9.97 Å². The van der Waals surface area contributed by atoms with Crippen LogP contribution in [0.25, 0.3) is 11.3 Å². The number of hydrogen-bond donors (Lipinski definition) is 2. The van der Waals surface area contributed by atoms with Crippen LogP contribution in [0.5, 0.6) is 0 Å². The first kappa shape index (κ1) is 18.6. The van der Waals surface area contributed by atoms with E-state index < -0.39 is 17.5 Å². The summed E-state index contributed by atoms with van der Waals surface area (Å²) in [6.07, 6.45) is 1.58. The van der Waals surface area contributed by atoms with Gasteiger partial charge in [0.2, 0.25) is 11.8 Å². The predicted octanol–water partition coefficient (Wildman–Crippen LogP) is 2.68. The molecule has 2 heterocycles. The lowest BCUT2D eigenvalue weighted by molar-refractivity contribution is -0.117. The first-order chi connectivity index (χ1) is 12.9. The van der Waals surface area contributed by atoms with Crippen LogP contribution in [0.15, 0.2) is 34.2 Å². The molecule has 0 bridgehead atoms. The first-order valence-electron chi connectivity index (χ1n) is 7.83. The van der Waals surface area contributed by atoms with Gasteiger partial charge in [0.25, 0.3) is 0 Å². The summed E-state index contributed by atoms with van der Waals surface area (Å²) in [7, 11) is 0. The smallest absolute Gasteiger partial charge is 0.226 e. The van der Waals surface area contributed by atoms with Crippen molar-refractivity contribution in [3.63, 3.8) is 0 Å². The van der Waals surface area contributed by atoms with Crippen molar-refractivity contribution in [2.45, 2.75) is 19.3 Å². The van der Waals surface area contributed by atoms with Crippen LogP contribution in [0.1, 0.15) is 18.0 Å². The summed E-state index contributed by atoms with van der Waals surface area (Å²) in [6.45, 7) is 0. The number of thiazole rings is 1. The van der Waals surface area contributed by atoms with Gasteiger partial charge in [0.1, 0.15) is 11.6 Å². The van der Waals surface area contributed by atoms with Crippen LogP contribution in [0.3, 0.4) is 0 Å². The summed E-state index contributed by atoms with van der Waals surface area (Å²) < 4.78 is 32.1. The van der Waals surface area contributed by atoms with Crippen molar-refractivity contribution in [2.24, 2.45) is 5.73 Å². The van der Waals surface area contributed by atoms with Crippen molar-refractivity contribution in [2.75, 3.05) is 5.32 Å². The highest BCUT2D eigenvalue weighted by molar-refractivity contribution is 7.13. The number of carbonyl (C=O) groups is 2. The van der Waals surface area contributed by atoms with Crippen LogP contribution in [0.4, 0.5) is 13.9 Å². The number of anilines is 1. The van der Waals surface area contributed by atoms with Crippen molar-refractivity contribution >= 4 is 28.3 Å². The molecule has 1 aromatic carbocycles. The molecular formula is C17H14F2N4O3S. The zero-order valence-electron chi connectivity index (χ0n) is 13.9. The third-order valence-electron chi connectivity index (χ3n) is 3.47. The van der Waals surface area contributed by atoms with Gasteiger partial charge in [-0.05, 0) is 12.1 Å². The largest absolute Gasteiger partial charge is 0.441 e. The summed E-state index contributed by atoms with van der Waals surface area (Å²) in [4.78, 5) is 30.9. The van der Waals surface area contributed by atoms with E-state index in [-0.39, 0.29) is 42.4 Å². The average molecular weight is 392 g/mol. The third-order valence-corrected chi connectivity index (χ3v) is 4.28. The van der Waals surface area contributed by atoms with E-state index in [4.69, 9.17) is 10.2 Å². The topological polar surface area (TPSA) is 111 Å². The average Bonchev–Trinajstić information content (AvgIpc) is 3.22. The van der Waals surface area contributed by atoms with Gasteiger partial charge in [-0.25, -0.2) is 18.7 Å². The van der Waals surface area contributed by atoms with Gasteiger partial charge < -0.3 is 15.5 Å². The highest BCUT2D eigenvalue weighted by Crippen LogP contribution is 2.24. The van der Waals surface area contributed by atoms with Crippen molar-refractivity contribution in [3.05, 3.63) is 53.0 Å². The van der Waals surface area contributed by atoms with Crippen LogP contribution in [0.2, 0.25) is 0 Å². The number of carbonyl (C=O) groups excluding carboxylic acids is 2. The van der Waals surface area contributed by atoms with E-state index in [1.54, 1.807) is 5.38 Å². The van der Waals surface area contributed by atoms with E-state index in [0.717, 1.165) is 12.1 Å². The molecule has 0 aliphatic carbocycles. The normalized spacial score (nSPS) is 10.7. The Kier molecular flexibility index (Phi) is 5.55. The predicted molar refractivity (Wildman–Crippen MR) is 93.8 cm³/mol. The monoisotopic (exact) mass is 392 g/mol. The van der Waals surface area contributed by atoms with Crippen LogP contribution in [0, 0.1) is 11.6 Å². The molecule has 2 amide bonds. The number of rotatable bonds is 7. The Morgan fingerprint density at radius 1 is 1.30 bits per heavy atom. The van der Waals surface area contributed by atoms with E-state index in [9.17, 15) is 18.4 Å². The minimum absolute atomic E-state index is 0.00536. The van der Waals surface area contributed by atoms with Crippen LogP contribution >= 0.6 is 11.3 Å². The molecule has 2 aromatic heterocycles. The van der Waals surface area contributed by atoms with E-state index in [0.29, 0.717) is 10.8 Å². The lowest BCUT2D eigenvalue weighted by Crippen LogP contribution is -2.14. The summed E-state index contributed by atoms with van der Waals surface area (Å²) in [5.74, 6) is -1.87. The summed E-state index contributed by atoms with van der Waals surface area (Å²) in [5.41, 5.74) is 5.66. The number of aryl methyl sites for hydroxylation is 1. The van der Waals surface area contributed by atoms with E-state index in [2.05, 4.69) is 15.3 Å². The number of oxazole rings is 1. The zero-order valence-corrected chi connectivity index (χ0v) is 14.7. The second-order valence-electron chi connectivity index (χ2n) is 5.58. The molecule has 140 valence electrons. The molecular weight excluding hydrogens is 378 g/mol. The minimum atomic E-state index is -0.758. The molecule has 3 aromatic rings. The Balaban J connectivity index is 1.56. The maximum Gasteiger partial charge on any atom is 0.226 e. The van der Waals surface area contributed by atoms with Gasteiger partial charge in [-0.15, -0.1) is 11.3 Å². The SMILES string of the molecule is NC(=O)Cc1csc(NC(=O)CCc2ncc(-c3ccc(F)cc3F)o2)n1. The molecule has 10 heteroatoms. The standard InChI is InChI=1S/C17H14F2N4O3S/c18-9-1-2-11(12(19)5-9)13-7-21-16(26-13)4-3-15(25)23-17-22-10(8-27-17)6-14(20)24/h1-2,5,7-8H,3-4,6H2,(H2,20,24)(H,22,23,25). The molecule has 0 saturated heterocycles. The number of nitrogens with one attached hydrogen (secondary N) is 1. The van der Waals surface area contributed by atoms with Crippen LogP contribution in [-0.2, 0) is 22.4 Å². The van der Waals surface area contributed by atoms with Crippen molar-refractivity contribution in [3.8, 4) is 11.3 Å². The van der Waals surface area contributed by atoms with Gasteiger partial charge in [-0.2, -0.15) is 0 Å². The molecule has 0 saturated carbocycles. The Hall–Kier alpha value is -3.14. The molecule has 0 fully saturated rings. The Labute approximate surface area is 156 Å². The zero-order chi connectivity index (χ0) is 19.4. The minimum Gasteiger partial charge on any atom is -0.441 e. The van der Waals surface area contributed by atoms with E-state index in [1.165, 1.54) is 23.6 Å². The van der Waals surface area contributed by atoms with Crippen LogP contribution in [-0.4, -0.2) is 21.8 Å². The molecule has 0 aliphatic rings. The molecule has 3 rings (SSSR count). The Bertz CT molecular complexity index is 986. The number of amides is 2. The van der Waals surface area contributed by atoms with Gasteiger partial charge in [0.05, 0.1) is 23.9 Å². The number of nitrogens with two attached hydrogens (primary N) is 1. The van der Waals surface area contributed by atoms with Gasteiger partial charge >= 0.3 is 0 Å². The summed E-state index contributed by atoms with van der Waals surface area (Å²) in [6, 6.07) is 3.13. The van der Waals surface area contributed by atoms with Gasteiger partial charge in [-0.3, -0.25) is 9.59 Å². The molecule has 0 unspecified atom stereocenters. The lowest BCUT2D eigenvalue weighted by atomic mass is 10.2. The van der Waals surface area contributed by atoms with E-state index in [1.807, 2.05) is 0 Å². The second-order valence-corrected chi connectivity index (χ2v) is 6.44. The van der Waals surface area contributed by atoms with Gasteiger partial charge in [0, 0.05) is 24.3 Å². The lowest BCUT2D eigenvalue weighted by Gasteiger charge is -2.00. The van der Waals surface area contributed by atoms with Crippen LogP contribution < -0.4 is 11.1 Å². The maximum atomic E-state index is 13.8. The quantitative estimate of drug-likeness (QED) is 0.642. The molecule has 0 atom stereocenters. The molecule has 7 nitrogen and oxygen atoms in total. The molecule has 0 spiro atoms. The highest BCUT2D eigenvalue weighted by Gasteiger charge is 2.14.